The summed E-state index contributed by atoms with van der Waals surface area (Å²) in [4.78, 5) is 16.1. The van der Waals surface area contributed by atoms with Crippen molar-refractivity contribution in [2.45, 2.75) is 12.8 Å². The number of hydrogen-bond donors (Lipinski definition) is 2. The van der Waals surface area contributed by atoms with Crippen LogP contribution in [0.3, 0.4) is 0 Å². The number of methoxy groups -OCH3 is 1. The molecule has 0 aliphatic heterocycles. The summed E-state index contributed by atoms with van der Waals surface area (Å²) >= 11 is 0. The maximum atomic E-state index is 11.9. The standard InChI is InChI=1S/C17H21N3O2/c1-22-12-11-18-15-8-9-16(19-13-15)20-17(21)10-7-14-5-3-2-4-6-14/h2-6,8-9,13,18H,7,10-12H2,1H3,(H,19,20,21). The van der Waals surface area contributed by atoms with Gasteiger partial charge in [-0.25, -0.2) is 4.98 Å². The van der Waals surface area contributed by atoms with Gasteiger partial charge >= 0.3 is 0 Å². The zero-order chi connectivity index (χ0) is 15.6. The predicted octanol–water partition coefficient (Wildman–Crippen LogP) is 2.71. The molecule has 1 aromatic heterocycles. The fourth-order valence-corrected chi connectivity index (χ4v) is 1.98. The van der Waals surface area contributed by atoms with Crippen molar-refractivity contribution < 1.29 is 9.53 Å². The summed E-state index contributed by atoms with van der Waals surface area (Å²) in [6, 6.07) is 13.6. The largest absolute Gasteiger partial charge is 0.383 e. The fraction of sp³-hybridized carbons (Fsp3) is 0.294. The van der Waals surface area contributed by atoms with Gasteiger partial charge in [0.1, 0.15) is 5.82 Å². The van der Waals surface area contributed by atoms with E-state index in [0.29, 0.717) is 18.8 Å². The molecule has 0 aliphatic carbocycles. The Morgan fingerprint density at radius 2 is 2.00 bits per heavy atom. The number of pyridine rings is 1. The molecule has 0 bridgehead atoms. The van der Waals surface area contributed by atoms with Crippen molar-refractivity contribution in [3.05, 3.63) is 54.2 Å². The Morgan fingerprint density at radius 3 is 2.68 bits per heavy atom. The van der Waals surface area contributed by atoms with Crippen LogP contribution in [0.4, 0.5) is 11.5 Å². The van der Waals surface area contributed by atoms with E-state index in [1.54, 1.807) is 19.4 Å². The van der Waals surface area contributed by atoms with Crippen molar-refractivity contribution in [1.29, 1.82) is 0 Å². The molecule has 2 rings (SSSR count). The van der Waals surface area contributed by atoms with Gasteiger partial charge in [-0.15, -0.1) is 0 Å². The van der Waals surface area contributed by atoms with E-state index < -0.39 is 0 Å². The Labute approximate surface area is 130 Å². The van der Waals surface area contributed by atoms with Gasteiger partial charge in [0.15, 0.2) is 0 Å². The molecule has 0 radical (unpaired) electrons. The van der Waals surface area contributed by atoms with Gasteiger partial charge in [-0.3, -0.25) is 4.79 Å². The Morgan fingerprint density at radius 1 is 1.18 bits per heavy atom. The lowest BCUT2D eigenvalue weighted by molar-refractivity contribution is -0.116. The summed E-state index contributed by atoms with van der Waals surface area (Å²) in [5.41, 5.74) is 2.06. The van der Waals surface area contributed by atoms with Crippen molar-refractivity contribution in [3.8, 4) is 0 Å². The van der Waals surface area contributed by atoms with E-state index in [2.05, 4.69) is 15.6 Å². The maximum absolute atomic E-state index is 11.9. The van der Waals surface area contributed by atoms with Crippen LogP contribution in [0, 0.1) is 0 Å². The van der Waals surface area contributed by atoms with E-state index in [-0.39, 0.29) is 5.91 Å². The molecule has 1 aromatic carbocycles. The zero-order valence-corrected chi connectivity index (χ0v) is 12.7. The monoisotopic (exact) mass is 299 g/mol. The number of anilines is 2. The van der Waals surface area contributed by atoms with Crippen LogP contribution in [-0.4, -0.2) is 31.2 Å². The molecule has 5 heteroatoms. The van der Waals surface area contributed by atoms with E-state index >= 15 is 0 Å². The highest BCUT2D eigenvalue weighted by atomic mass is 16.5. The molecule has 2 N–H and O–H groups in total. The molecular formula is C17H21N3O2. The van der Waals surface area contributed by atoms with Crippen LogP contribution in [-0.2, 0) is 16.0 Å². The van der Waals surface area contributed by atoms with Crippen LogP contribution in [0.25, 0.3) is 0 Å². The summed E-state index contributed by atoms with van der Waals surface area (Å²) in [6.07, 6.45) is 2.87. The Bertz CT molecular complexity index is 570. The summed E-state index contributed by atoms with van der Waals surface area (Å²) in [6.45, 7) is 1.36. The third kappa shape index (κ3) is 5.54. The van der Waals surface area contributed by atoms with Crippen molar-refractivity contribution in [3.63, 3.8) is 0 Å². The average Bonchev–Trinajstić information content (AvgIpc) is 2.56. The van der Waals surface area contributed by atoms with Gasteiger partial charge in [-0.1, -0.05) is 30.3 Å². The second-order valence-electron chi connectivity index (χ2n) is 4.89. The first-order valence-corrected chi connectivity index (χ1v) is 7.30. The maximum Gasteiger partial charge on any atom is 0.225 e. The highest BCUT2D eigenvalue weighted by molar-refractivity contribution is 5.89. The lowest BCUT2D eigenvalue weighted by Gasteiger charge is -2.07. The van der Waals surface area contributed by atoms with Crippen LogP contribution in [0.1, 0.15) is 12.0 Å². The van der Waals surface area contributed by atoms with Crippen molar-refractivity contribution in [2.24, 2.45) is 0 Å². The number of aromatic nitrogens is 1. The first-order chi connectivity index (χ1) is 10.8. The normalized spacial score (nSPS) is 10.2. The van der Waals surface area contributed by atoms with Gasteiger partial charge in [-0.2, -0.15) is 0 Å². The van der Waals surface area contributed by atoms with Crippen LogP contribution in [0.5, 0.6) is 0 Å². The van der Waals surface area contributed by atoms with Crippen molar-refractivity contribution in [2.75, 3.05) is 30.9 Å². The quantitative estimate of drug-likeness (QED) is 0.736. The topological polar surface area (TPSA) is 63.2 Å². The minimum Gasteiger partial charge on any atom is -0.383 e. The molecule has 1 amide bonds. The Kier molecular flexibility index (Phi) is 6.39. The number of carbonyl (C=O) groups excluding carboxylic acids is 1. The number of amides is 1. The molecule has 1 heterocycles. The molecule has 2 aromatic rings. The van der Waals surface area contributed by atoms with Crippen molar-refractivity contribution >= 4 is 17.4 Å². The highest BCUT2D eigenvalue weighted by Crippen LogP contribution is 2.10. The van der Waals surface area contributed by atoms with E-state index in [9.17, 15) is 4.79 Å². The van der Waals surface area contributed by atoms with Crippen LogP contribution in [0.2, 0.25) is 0 Å². The van der Waals surface area contributed by atoms with Crippen molar-refractivity contribution in [1.82, 2.24) is 4.98 Å². The zero-order valence-electron chi connectivity index (χ0n) is 12.7. The molecular weight excluding hydrogens is 278 g/mol. The number of hydrogen-bond acceptors (Lipinski definition) is 4. The molecule has 0 spiro atoms. The summed E-state index contributed by atoms with van der Waals surface area (Å²) in [5.74, 6) is 0.534. The second-order valence-corrected chi connectivity index (χ2v) is 4.89. The third-order valence-corrected chi connectivity index (χ3v) is 3.15. The molecule has 0 atom stereocenters. The van der Waals surface area contributed by atoms with Crippen LogP contribution < -0.4 is 10.6 Å². The van der Waals surface area contributed by atoms with Gasteiger partial charge < -0.3 is 15.4 Å². The second kappa shape index (κ2) is 8.79. The molecule has 5 nitrogen and oxygen atoms in total. The first kappa shape index (κ1) is 16.0. The number of aryl methyl sites for hydroxylation is 1. The molecule has 0 saturated heterocycles. The summed E-state index contributed by atoms with van der Waals surface area (Å²) < 4.78 is 4.96. The Balaban J connectivity index is 1.76. The number of rotatable bonds is 8. The van der Waals surface area contributed by atoms with Crippen LogP contribution >= 0.6 is 0 Å². The summed E-state index contributed by atoms with van der Waals surface area (Å²) in [5, 5.41) is 5.98. The lowest BCUT2D eigenvalue weighted by Crippen LogP contribution is -2.13. The molecule has 0 saturated carbocycles. The molecule has 0 unspecified atom stereocenters. The number of benzene rings is 1. The van der Waals surface area contributed by atoms with Gasteiger partial charge in [0, 0.05) is 20.1 Å². The predicted molar refractivity (Wildman–Crippen MR) is 88.0 cm³/mol. The molecule has 116 valence electrons. The van der Waals surface area contributed by atoms with Gasteiger partial charge in [0.05, 0.1) is 18.5 Å². The average molecular weight is 299 g/mol. The fourth-order valence-electron chi connectivity index (χ4n) is 1.98. The molecule has 0 aliphatic rings. The van der Waals surface area contributed by atoms with Gasteiger partial charge in [0.2, 0.25) is 5.91 Å². The number of nitrogens with one attached hydrogen (secondary N) is 2. The number of ether oxygens (including phenoxy) is 1. The SMILES string of the molecule is COCCNc1ccc(NC(=O)CCc2ccccc2)nc1. The van der Waals surface area contributed by atoms with E-state index in [1.807, 2.05) is 36.4 Å². The summed E-state index contributed by atoms with van der Waals surface area (Å²) in [7, 11) is 1.66. The number of carbonyl (C=O) groups is 1. The first-order valence-electron chi connectivity index (χ1n) is 7.30. The third-order valence-electron chi connectivity index (χ3n) is 3.15. The highest BCUT2D eigenvalue weighted by Gasteiger charge is 2.04. The lowest BCUT2D eigenvalue weighted by atomic mass is 10.1. The Hall–Kier alpha value is -2.40. The van der Waals surface area contributed by atoms with E-state index in [0.717, 1.165) is 24.2 Å². The van der Waals surface area contributed by atoms with Crippen LogP contribution in [0.15, 0.2) is 48.7 Å². The number of nitrogens with zero attached hydrogens (tertiary/aromatic N) is 1. The van der Waals surface area contributed by atoms with E-state index in [4.69, 9.17) is 4.74 Å². The smallest absolute Gasteiger partial charge is 0.225 e. The van der Waals surface area contributed by atoms with Gasteiger partial charge in [-0.05, 0) is 24.1 Å². The van der Waals surface area contributed by atoms with Gasteiger partial charge in [0.25, 0.3) is 0 Å². The molecule has 0 fully saturated rings. The minimum atomic E-state index is -0.0311. The molecule has 22 heavy (non-hydrogen) atoms. The van der Waals surface area contributed by atoms with E-state index in [1.165, 1.54) is 0 Å². The minimum absolute atomic E-state index is 0.0311.